The van der Waals surface area contributed by atoms with Gasteiger partial charge in [0.05, 0.1) is 14.8 Å². The first-order chi connectivity index (χ1) is 12.3. The van der Waals surface area contributed by atoms with Gasteiger partial charge in [0.25, 0.3) is 0 Å². The Morgan fingerprint density at radius 2 is 1.65 bits per heavy atom. The summed E-state index contributed by atoms with van der Waals surface area (Å²) >= 11 is 4.47. The van der Waals surface area contributed by atoms with Gasteiger partial charge in [-0.3, -0.25) is 0 Å². The van der Waals surface area contributed by atoms with Crippen molar-refractivity contribution in [1.29, 1.82) is 0 Å². The normalized spacial score (nSPS) is 16.6. The minimum Gasteiger partial charge on any atom is -0.357 e. The molecular weight excluding hydrogens is 559 g/mol. The summed E-state index contributed by atoms with van der Waals surface area (Å²) in [6.45, 7) is 7.72. The molecule has 0 radical (unpaired) electrons. The minimum atomic E-state index is -2.60. The Balaban J connectivity index is 2.45. The molecule has 0 saturated carbocycles. The van der Waals surface area contributed by atoms with Crippen molar-refractivity contribution < 1.29 is 13.1 Å². The van der Waals surface area contributed by atoms with Crippen LogP contribution in [-0.4, -0.2) is 22.6 Å². The predicted molar refractivity (Wildman–Crippen MR) is 121 cm³/mol. The van der Waals surface area contributed by atoms with Crippen LogP contribution in [0.4, 0.5) is 8.63 Å². The Kier molecular flexibility index (Phi) is 5.76. The lowest BCUT2D eigenvalue weighted by atomic mass is 9.94. The Hall–Kier alpha value is -0.965. The van der Waals surface area contributed by atoms with Gasteiger partial charge in [0.2, 0.25) is 0 Å². The second-order valence-corrected chi connectivity index (χ2v) is 8.48. The molecule has 0 spiro atoms. The number of nitrogens with zero attached hydrogens (tertiary/aromatic N) is 1. The van der Waals surface area contributed by atoms with Gasteiger partial charge in [-0.1, -0.05) is 30.3 Å². The van der Waals surface area contributed by atoms with E-state index < -0.39 is 7.40 Å². The molecule has 0 saturated heterocycles. The van der Waals surface area contributed by atoms with Crippen LogP contribution < -0.4 is 0 Å². The number of allylic oxidation sites excluding steroid dienone is 2. The average molecular weight is 577 g/mol. The largest absolute Gasteiger partial charge is 0.934 e. The van der Waals surface area contributed by atoms with E-state index >= 15 is 0 Å². The fourth-order valence-corrected chi connectivity index (χ4v) is 4.28. The fraction of sp³-hybridized carbons (Fsp3) is 0.211. The molecule has 2 heterocycles. The van der Waals surface area contributed by atoms with Crippen molar-refractivity contribution in [3.63, 3.8) is 0 Å². The zero-order valence-electron chi connectivity index (χ0n) is 14.9. The molecule has 7 heteroatoms. The molecule has 1 aliphatic heterocycles. The number of nitrogens with one attached hydrogen (secondary N) is 1. The molecule has 1 aliphatic rings. The van der Waals surface area contributed by atoms with Crippen LogP contribution in [0.5, 0.6) is 0 Å². The highest BCUT2D eigenvalue weighted by molar-refractivity contribution is 14.1. The molecule has 3 rings (SSSR count). The lowest BCUT2D eigenvalue weighted by molar-refractivity contribution is -0.343. The van der Waals surface area contributed by atoms with Crippen LogP contribution >= 0.6 is 45.2 Å². The first kappa shape index (κ1) is 19.8. The van der Waals surface area contributed by atoms with Gasteiger partial charge in [-0.25, -0.2) is 13.1 Å². The van der Waals surface area contributed by atoms with Crippen LogP contribution in [-0.2, 0) is 0 Å². The van der Waals surface area contributed by atoms with Gasteiger partial charge in [0.1, 0.15) is 0 Å². The first-order valence-electron chi connectivity index (χ1n) is 8.18. The van der Waals surface area contributed by atoms with Gasteiger partial charge in [0, 0.05) is 21.8 Å². The molecule has 1 aromatic heterocycles. The zero-order chi connectivity index (χ0) is 19.2. The van der Waals surface area contributed by atoms with E-state index in [1.54, 1.807) is 6.92 Å². The monoisotopic (exact) mass is 577 g/mol. The maximum Gasteiger partial charge on any atom is 0.934 e. The molecule has 0 bridgehead atoms. The summed E-state index contributed by atoms with van der Waals surface area (Å²) < 4.78 is 31.1. The van der Waals surface area contributed by atoms with Crippen LogP contribution in [0, 0.1) is 17.4 Å². The molecule has 2 nitrogen and oxygen atoms in total. The van der Waals surface area contributed by atoms with Gasteiger partial charge in [-0.05, 0) is 77.1 Å². The highest BCUT2D eigenvalue weighted by atomic mass is 127. The number of aryl methyl sites for hydroxylation is 1. The van der Waals surface area contributed by atoms with Gasteiger partial charge in [0.15, 0.2) is 11.4 Å². The number of aromatic amines is 1. The van der Waals surface area contributed by atoms with Crippen LogP contribution in [0.1, 0.15) is 36.4 Å². The van der Waals surface area contributed by atoms with E-state index in [9.17, 15) is 8.63 Å². The average Bonchev–Trinajstić information content (AvgIpc) is 2.99. The zero-order valence-corrected chi connectivity index (χ0v) is 19.2. The number of hydrogen-bond acceptors (Lipinski definition) is 0. The molecule has 1 aromatic carbocycles. The molecule has 0 atom stereocenters. The highest BCUT2D eigenvalue weighted by Gasteiger charge is 2.47. The summed E-state index contributed by atoms with van der Waals surface area (Å²) in [5, 5.41) is 0. The van der Waals surface area contributed by atoms with Crippen molar-refractivity contribution in [3.05, 3.63) is 71.3 Å². The quantitative estimate of drug-likeness (QED) is 0.336. The van der Waals surface area contributed by atoms with Crippen LogP contribution in [0.2, 0.25) is 0 Å². The second kappa shape index (κ2) is 7.57. The minimum absolute atomic E-state index is 0.578. The standard InChI is InChI=1S/C19H17BF2I2N2/c1-10-16(23)12(3)25-18(10)15(14-8-6-5-7-9-14)19-11(2)17(24)13(4)26(19)20(21)22/h5-9H,1-4H3/p+1. The third kappa shape index (κ3) is 3.21. The number of H-pyrrole nitrogens is 1. The summed E-state index contributed by atoms with van der Waals surface area (Å²) in [5.41, 5.74) is 6.82. The molecule has 134 valence electrons. The summed E-state index contributed by atoms with van der Waals surface area (Å²) in [6.07, 6.45) is 0. The molecule has 0 aliphatic carbocycles. The van der Waals surface area contributed by atoms with Gasteiger partial charge in [-0.15, -0.1) is 0 Å². The van der Waals surface area contributed by atoms with E-state index in [0.717, 1.165) is 45.3 Å². The Labute approximate surface area is 180 Å². The number of halogens is 4. The van der Waals surface area contributed by atoms with Crippen molar-refractivity contribution in [1.82, 2.24) is 4.98 Å². The lowest BCUT2D eigenvalue weighted by Gasteiger charge is -2.12. The molecule has 0 unspecified atom stereocenters. The van der Waals surface area contributed by atoms with E-state index in [0.29, 0.717) is 11.4 Å². The summed E-state index contributed by atoms with van der Waals surface area (Å²) in [5.74, 6) is 0. The molecule has 1 N–H and O–H groups in total. The lowest BCUT2D eigenvalue weighted by Crippen LogP contribution is -2.25. The molecule has 2 aromatic rings. The maximum absolute atomic E-state index is 14.0. The number of benzene rings is 1. The van der Waals surface area contributed by atoms with Crippen LogP contribution in [0.3, 0.4) is 0 Å². The van der Waals surface area contributed by atoms with Crippen molar-refractivity contribution in [2.45, 2.75) is 27.7 Å². The van der Waals surface area contributed by atoms with Crippen LogP contribution in [0.15, 0.2) is 45.2 Å². The Morgan fingerprint density at radius 3 is 2.15 bits per heavy atom. The number of aromatic nitrogens is 1. The first-order valence-corrected chi connectivity index (χ1v) is 10.3. The van der Waals surface area contributed by atoms with E-state index in [2.05, 4.69) is 50.2 Å². The third-order valence-corrected chi connectivity index (χ3v) is 7.90. The van der Waals surface area contributed by atoms with Crippen molar-refractivity contribution in [2.24, 2.45) is 0 Å². The van der Waals surface area contributed by atoms with E-state index in [4.69, 9.17) is 0 Å². The van der Waals surface area contributed by atoms with E-state index in [1.165, 1.54) is 0 Å². The molecular formula is C19H18BF2I2N2+. The Bertz CT molecular complexity index is 973. The summed E-state index contributed by atoms with van der Waals surface area (Å²) in [6, 6.07) is 9.76. The number of hydrogen-bond donors (Lipinski definition) is 1. The van der Waals surface area contributed by atoms with Gasteiger partial charge >= 0.3 is 7.40 Å². The van der Waals surface area contributed by atoms with Crippen molar-refractivity contribution >= 4 is 63.9 Å². The van der Waals surface area contributed by atoms with Gasteiger partial charge in [-0.2, -0.15) is 0 Å². The molecule has 26 heavy (non-hydrogen) atoms. The van der Waals surface area contributed by atoms with Gasteiger partial charge < -0.3 is 4.98 Å². The SMILES string of the molecule is CC1=C(I)C(C)=[N+](B(F)F)C1=C(c1ccccc1)c1[nH]c(C)c(I)c1C. The van der Waals surface area contributed by atoms with Crippen LogP contribution in [0.25, 0.3) is 5.57 Å². The van der Waals surface area contributed by atoms with Crippen molar-refractivity contribution in [3.8, 4) is 0 Å². The molecule has 0 amide bonds. The summed E-state index contributed by atoms with van der Waals surface area (Å²) in [4.78, 5) is 3.43. The topological polar surface area (TPSA) is 18.8 Å². The number of rotatable bonds is 3. The molecule has 0 fully saturated rings. The fourth-order valence-electron chi connectivity index (χ4n) is 3.36. The van der Waals surface area contributed by atoms with E-state index in [-0.39, 0.29) is 0 Å². The third-order valence-electron chi connectivity index (χ3n) is 4.69. The van der Waals surface area contributed by atoms with Crippen molar-refractivity contribution in [2.75, 3.05) is 0 Å². The second-order valence-electron chi connectivity index (χ2n) is 6.33. The highest BCUT2D eigenvalue weighted by Crippen LogP contribution is 2.39. The predicted octanol–water partition coefficient (Wildman–Crippen LogP) is 6.12. The maximum atomic E-state index is 14.0. The van der Waals surface area contributed by atoms with E-state index in [1.807, 2.05) is 51.1 Å². The smallest absolute Gasteiger partial charge is 0.357 e. The summed E-state index contributed by atoms with van der Waals surface area (Å²) in [7, 11) is -2.60. The Morgan fingerprint density at radius 1 is 1.04 bits per heavy atom.